The highest BCUT2D eigenvalue weighted by Crippen LogP contribution is 2.15. The second-order valence-corrected chi connectivity index (χ2v) is 5.37. The fraction of sp³-hybridized carbons (Fsp3) is 0.176. The zero-order valence-corrected chi connectivity index (χ0v) is 13.3. The average Bonchev–Trinajstić information content (AvgIpc) is 2.98. The molecule has 1 aromatic carbocycles. The summed E-state index contributed by atoms with van der Waals surface area (Å²) in [6.45, 7) is 3.70. The molecule has 24 heavy (non-hydrogen) atoms. The van der Waals surface area contributed by atoms with Gasteiger partial charge in [0.2, 0.25) is 0 Å². The van der Waals surface area contributed by atoms with Crippen LogP contribution in [0, 0.1) is 19.7 Å². The number of carbonyl (C=O) groups excluding carboxylic acids is 1. The van der Waals surface area contributed by atoms with E-state index in [0.717, 1.165) is 5.69 Å². The molecule has 2 heterocycles. The van der Waals surface area contributed by atoms with Gasteiger partial charge in [0.1, 0.15) is 5.82 Å². The maximum atomic E-state index is 13.7. The minimum Gasteiger partial charge on any atom is -0.345 e. The molecule has 2 aromatic heterocycles. The molecule has 0 saturated carbocycles. The third kappa shape index (κ3) is 3.15. The van der Waals surface area contributed by atoms with Gasteiger partial charge in [-0.15, -0.1) is 5.10 Å². The molecule has 0 aliphatic rings. The number of carbonyl (C=O) groups is 1. The Morgan fingerprint density at radius 3 is 2.79 bits per heavy atom. The highest BCUT2D eigenvalue weighted by molar-refractivity contribution is 5.93. The lowest BCUT2D eigenvalue weighted by molar-refractivity contribution is 0.0944. The van der Waals surface area contributed by atoms with Crippen LogP contribution in [-0.2, 0) is 6.54 Å². The summed E-state index contributed by atoms with van der Waals surface area (Å²) in [5.74, 6) is -0.680. The van der Waals surface area contributed by atoms with Crippen LogP contribution >= 0.6 is 0 Å². The van der Waals surface area contributed by atoms with Crippen LogP contribution in [0.2, 0.25) is 0 Å². The van der Waals surface area contributed by atoms with Gasteiger partial charge in [0.15, 0.2) is 5.69 Å². The molecule has 7 heteroatoms. The van der Waals surface area contributed by atoms with Crippen molar-refractivity contribution in [2.45, 2.75) is 20.4 Å². The van der Waals surface area contributed by atoms with Crippen LogP contribution < -0.4 is 5.32 Å². The molecule has 3 rings (SSSR count). The Morgan fingerprint density at radius 2 is 2.08 bits per heavy atom. The summed E-state index contributed by atoms with van der Waals surface area (Å²) >= 11 is 0. The highest BCUT2D eigenvalue weighted by atomic mass is 19.1. The predicted molar refractivity (Wildman–Crippen MR) is 86.2 cm³/mol. The van der Waals surface area contributed by atoms with E-state index in [2.05, 4.69) is 20.6 Å². The molecule has 0 aliphatic heterocycles. The molecule has 0 aliphatic carbocycles. The first-order chi connectivity index (χ1) is 11.6. The van der Waals surface area contributed by atoms with E-state index in [1.54, 1.807) is 32.2 Å². The van der Waals surface area contributed by atoms with Crippen LogP contribution in [0.15, 0.2) is 42.6 Å². The van der Waals surface area contributed by atoms with E-state index in [-0.39, 0.29) is 17.4 Å². The number of nitrogens with zero attached hydrogens (tertiary/aromatic N) is 4. The summed E-state index contributed by atoms with van der Waals surface area (Å²) in [4.78, 5) is 16.4. The van der Waals surface area contributed by atoms with Gasteiger partial charge in [0, 0.05) is 6.20 Å². The summed E-state index contributed by atoms with van der Waals surface area (Å²) < 4.78 is 15.2. The number of hydrogen-bond acceptors (Lipinski definition) is 4. The standard InChI is InChI=1S/C17H16FN5O/c1-11-6-7-14(9-15(11)18)23-12(2)16(21-22-23)17(24)20-10-13-5-3-4-8-19-13/h3-9H,10H2,1-2H3,(H,20,24). The molecule has 0 atom stereocenters. The first-order valence-corrected chi connectivity index (χ1v) is 7.43. The molecule has 1 amide bonds. The van der Waals surface area contributed by atoms with E-state index in [1.165, 1.54) is 10.7 Å². The van der Waals surface area contributed by atoms with E-state index < -0.39 is 0 Å². The molecular weight excluding hydrogens is 309 g/mol. The van der Waals surface area contributed by atoms with Gasteiger partial charge in [0.05, 0.1) is 23.6 Å². The Hall–Kier alpha value is -3.09. The van der Waals surface area contributed by atoms with Crippen molar-refractivity contribution < 1.29 is 9.18 Å². The molecule has 0 radical (unpaired) electrons. The fourth-order valence-corrected chi connectivity index (χ4v) is 2.25. The van der Waals surface area contributed by atoms with E-state index >= 15 is 0 Å². The summed E-state index contributed by atoms with van der Waals surface area (Å²) in [6, 6.07) is 10.2. The van der Waals surface area contributed by atoms with Crippen molar-refractivity contribution in [1.29, 1.82) is 0 Å². The molecule has 3 aromatic rings. The van der Waals surface area contributed by atoms with Crippen molar-refractivity contribution in [3.63, 3.8) is 0 Å². The Bertz CT molecular complexity index is 876. The summed E-state index contributed by atoms with van der Waals surface area (Å²) in [5, 5.41) is 10.6. The monoisotopic (exact) mass is 325 g/mol. The van der Waals surface area contributed by atoms with Gasteiger partial charge in [-0.05, 0) is 43.7 Å². The van der Waals surface area contributed by atoms with E-state index in [4.69, 9.17) is 0 Å². The SMILES string of the molecule is Cc1ccc(-n2nnc(C(=O)NCc3ccccn3)c2C)cc1F. The molecule has 6 nitrogen and oxygen atoms in total. The van der Waals surface area contributed by atoms with E-state index in [9.17, 15) is 9.18 Å². The number of amides is 1. The van der Waals surface area contributed by atoms with Crippen LogP contribution in [0.25, 0.3) is 5.69 Å². The molecule has 0 bridgehead atoms. The third-order valence-corrected chi connectivity index (χ3v) is 3.67. The van der Waals surface area contributed by atoms with Crippen LogP contribution in [0.1, 0.15) is 27.4 Å². The summed E-state index contributed by atoms with van der Waals surface area (Å²) in [7, 11) is 0. The second-order valence-electron chi connectivity index (χ2n) is 5.37. The predicted octanol–water partition coefficient (Wildman–Crippen LogP) is 2.35. The Labute approximate surface area is 138 Å². The minimum absolute atomic E-state index is 0.201. The number of aromatic nitrogens is 4. The first-order valence-electron chi connectivity index (χ1n) is 7.43. The van der Waals surface area contributed by atoms with Gasteiger partial charge in [0.25, 0.3) is 5.91 Å². The number of rotatable bonds is 4. The van der Waals surface area contributed by atoms with Gasteiger partial charge in [-0.3, -0.25) is 9.78 Å². The Kier molecular flexibility index (Phi) is 4.33. The van der Waals surface area contributed by atoms with Crippen molar-refractivity contribution in [3.8, 4) is 5.69 Å². The maximum Gasteiger partial charge on any atom is 0.274 e. The molecular formula is C17H16FN5O. The van der Waals surface area contributed by atoms with Crippen LogP contribution in [0.4, 0.5) is 4.39 Å². The van der Waals surface area contributed by atoms with Gasteiger partial charge in [-0.2, -0.15) is 0 Å². The molecule has 122 valence electrons. The first kappa shape index (κ1) is 15.8. The third-order valence-electron chi connectivity index (χ3n) is 3.67. The zero-order chi connectivity index (χ0) is 17.1. The largest absolute Gasteiger partial charge is 0.345 e. The van der Waals surface area contributed by atoms with Gasteiger partial charge >= 0.3 is 0 Å². The van der Waals surface area contributed by atoms with Crippen molar-refractivity contribution >= 4 is 5.91 Å². The second kappa shape index (κ2) is 6.57. The number of halogens is 1. The zero-order valence-electron chi connectivity index (χ0n) is 13.3. The van der Waals surface area contributed by atoms with E-state index in [1.807, 2.05) is 18.2 Å². The number of hydrogen-bond donors (Lipinski definition) is 1. The number of aryl methyl sites for hydroxylation is 1. The van der Waals surface area contributed by atoms with Gasteiger partial charge in [-0.1, -0.05) is 17.3 Å². The molecule has 0 unspecified atom stereocenters. The van der Waals surface area contributed by atoms with Crippen molar-refractivity contribution in [3.05, 3.63) is 71.1 Å². The van der Waals surface area contributed by atoms with Crippen molar-refractivity contribution in [1.82, 2.24) is 25.3 Å². The molecule has 1 N–H and O–H groups in total. The normalized spacial score (nSPS) is 10.6. The lowest BCUT2D eigenvalue weighted by Gasteiger charge is -2.06. The Morgan fingerprint density at radius 1 is 1.25 bits per heavy atom. The molecule has 0 saturated heterocycles. The highest BCUT2D eigenvalue weighted by Gasteiger charge is 2.17. The van der Waals surface area contributed by atoms with Gasteiger partial charge in [-0.25, -0.2) is 9.07 Å². The number of nitrogens with one attached hydrogen (secondary N) is 1. The van der Waals surface area contributed by atoms with Crippen LogP contribution in [-0.4, -0.2) is 25.9 Å². The van der Waals surface area contributed by atoms with Crippen molar-refractivity contribution in [2.24, 2.45) is 0 Å². The molecule has 0 spiro atoms. The summed E-state index contributed by atoms with van der Waals surface area (Å²) in [5.41, 5.74) is 2.55. The van der Waals surface area contributed by atoms with Gasteiger partial charge < -0.3 is 5.32 Å². The van der Waals surface area contributed by atoms with Crippen LogP contribution in [0.5, 0.6) is 0 Å². The summed E-state index contributed by atoms with van der Waals surface area (Å²) in [6.07, 6.45) is 1.66. The van der Waals surface area contributed by atoms with Crippen LogP contribution in [0.3, 0.4) is 0 Å². The maximum absolute atomic E-state index is 13.7. The lowest BCUT2D eigenvalue weighted by Crippen LogP contribution is -2.24. The number of benzene rings is 1. The average molecular weight is 325 g/mol. The minimum atomic E-state index is -0.350. The van der Waals surface area contributed by atoms with Crippen molar-refractivity contribution in [2.75, 3.05) is 0 Å². The Balaban J connectivity index is 1.79. The smallest absolute Gasteiger partial charge is 0.274 e. The topological polar surface area (TPSA) is 72.7 Å². The molecule has 0 fully saturated rings. The quantitative estimate of drug-likeness (QED) is 0.799. The lowest BCUT2D eigenvalue weighted by atomic mass is 10.2. The fourth-order valence-electron chi connectivity index (χ4n) is 2.25. The number of pyridine rings is 1. The van der Waals surface area contributed by atoms with E-state index in [0.29, 0.717) is 23.5 Å².